The molecule has 0 aliphatic rings. The Bertz CT molecular complexity index is 409. The van der Waals surface area contributed by atoms with Gasteiger partial charge < -0.3 is 9.47 Å². The van der Waals surface area contributed by atoms with Crippen LogP contribution in [-0.2, 0) is 15.9 Å². The van der Waals surface area contributed by atoms with Gasteiger partial charge in [0.1, 0.15) is 6.61 Å². The maximum Gasteiger partial charge on any atom is 0.338 e. The van der Waals surface area contributed by atoms with Crippen LogP contribution in [0.1, 0.15) is 22.8 Å². The molecule has 0 saturated heterocycles. The van der Waals surface area contributed by atoms with Crippen LogP contribution in [-0.4, -0.2) is 25.8 Å². The van der Waals surface area contributed by atoms with Gasteiger partial charge in [-0.1, -0.05) is 12.1 Å². The second-order valence-electron chi connectivity index (χ2n) is 3.37. The summed E-state index contributed by atoms with van der Waals surface area (Å²) < 4.78 is 10.1. The van der Waals surface area contributed by atoms with Gasteiger partial charge in [0.05, 0.1) is 24.7 Å². The van der Waals surface area contributed by atoms with Crippen molar-refractivity contribution in [2.24, 2.45) is 0 Å². The molecule has 1 aromatic rings. The first-order chi connectivity index (χ1) is 8.27. The van der Waals surface area contributed by atoms with Crippen molar-refractivity contribution in [2.75, 3.05) is 19.8 Å². The highest BCUT2D eigenvalue weighted by molar-refractivity contribution is 5.89. The van der Waals surface area contributed by atoms with Crippen molar-refractivity contribution in [3.8, 4) is 6.07 Å². The third-order valence-corrected chi connectivity index (χ3v) is 2.11. The Hall–Kier alpha value is -1.86. The molecule has 4 nitrogen and oxygen atoms in total. The van der Waals surface area contributed by atoms with E-state index in [-0.39, 0.29) is 12.6 Å². The van der Waals surface area contributed by atoms with Gasteiger partial charge in [-0.25, -0.2) is 4.79 Å². The zero-order valence-electron chi connectivity index (χ0n) is 9.81. The number of carbonyl (C=O) groups is 1. The first-order valence-electron chi connectivity index (χ1n) is 5.48. The molecule has 1 rings (SSSR count). The second kappa shape index (κ2) is 7.42. The highest BCUT2D eigenvalue weighted by atomic mass is 16.6. The molecule has 0 fully saturated rings. The number of rotatable bonds is 6. The Morgan fingerprint density at radius 2 is 2.24 bits per heavy atom. The number of esters is 1. The van der Waals surface area contributed by atoms with Gasteiger partial charge in [0, 0.05) is 6.61 Å². The standard InChI is InChI=1S/C13H15NO3/c1-2-16-8-9-17-13(15)12-5-3-4-11(10-12)6-7-14/h3-5,10H,2,6,8-9H2,1H3. The molecule has 0 heterocycles. The summed E-state index contributed by atoms with van der Waals surface area (Å²) in [6.07, 6.45) is 0.292. The number of benzene rings is 1. The number of nitrogens with zero attached hydrogens (tertiary/aromatic N) is 1. The van der Waals surface area contributed by atoms with E-state index in [9.17, 15) is 4.79 Å². The summed E-state index contributed by atoms with van der Waals surface area (Å²) in [5, 5.41) is 8.57. The number of hydrogen-bond acceptors (Lipinski definition) is 4. The Kier molecular flexibility index (Phi) is 5.76. The van der Waals surface area contributed by atoms with Gasteiger partial charge in [-0.3, -0.25) is 0 Å². The van der Waals surface area contributed by atoms with Crippen LogP contribution in [0.15, 0.2) is 24.3 Å². The minimum atomic E-state index is -0.385. The van der Waals surface area contributed by atoms with Gasteiger partial charge in [0.2, 0.25) is 0 Å². The van der Waals surface area contributed by atoms with Gasteiger partial charge in [-0.15, -0.1) is 0 Å². The van der Waals surface area contributed by atoms with E-state index in [1.54, 1.807) is 24.3 Å². The van der Waals surface area contributed by atoms with Crippen molar-refractivity contribution >= 4 is 5.97 Å². The molecular formula is C13H15NO3. The summed E-state index contributed by atoms with van der Waals surface area (Å²) >= 11 is 0. The highest BCUT2D eigenvalue weighted by Gasteiger charge is 2.07. The predicted molar refractivity (Wildman–Crippen MR) is 62.5 cm³/mol. The zero-order chi connectivity index (χ0) is 12.5. The van der Waals surface area contributed by atoms with Crippen LogP contribution in [0.3, 0.4) is 0 Å². The van der Waals surface area contributed by atoms with Crippen LogP contribution in [0.2, 0.25) is 0 Å². The van der Waals surface area contributed by atoms with Crippen molar-refractivity contribution in [2.45, 2.75) is 13.3 Å². The normalized spacial score (nSPS) is 9.65. The molecule has 0 aliphatic carbocycles. The SMILES string of the molecule is CCOCCOC(=O)c1cccc(CC#N)c1. The molecule has 1 aromatic carbocycles. The maximum absolute atomic E-state index is 11.6. The fourth-order valence-electron chi connectivity index (χ4n) is 1.32. The minimum Gasteiger partial charge on any atom is -0.460 e. The summed E-state index contributed by atoms with van der Waals surface area (Å²) in [6, 6.07) is 8.93. The van der Waals surface area contributed by atoms with Gasteiger partial charge in [-0.05, 0) is 24.6 Å². The summed E-state index contributed by atoms with van der Waals surface area (Å²) in [7, 11) is 0. The van der Waals surface area contributed by atoms with E-state index in [0.29, 0.717) is 25.2 Å². The van der Waals surface area contributed by atoms with E-state index in [0.717, 1.165) is 5.56 Å². The van der Waals surface area contributed by atoms with Crippen LogP contribution < -0.4 is 0 Å². The lowest BCUT2D eigenvalue weighted by Crippen LogP contribution is -2.11. The lowest BCUT2D eigenvalue weighted by molar-refractivity contribution is 0.0335. The van der Waals surface area contributed by atoms with E-state index < -0.39 is 0 Å². The molecule has 0 N–H and O–H groups in total. The summed E-state index contributed by atoms with van der Waals surface area (Å²) in [5.41, 5.74) is 1.28. The van der Waals surface area contributed by atoms with E-state index in [2.05, 4.69) is 0 Å². The molecule has 0 saturated carbocycles. The van der Waals surface area contributed by atoms with Gasteiger partial charge in [0.25, 0.3) is 0 Å². The third-order valence-electron chi connectivity index (χ3n) is 2.11. The van der Waals surface area contributed by atoms with E-state index in [1.165, 1.54) is 0 Å². The minimum absolute atomic E-state index is 0.245. The molecule has 0 aliphatic heterocycles. The van der Waals surface area contributed by atoms with Crippen molar-refractivity contribution in [1.82, 2.24) is 0 Å². The molecule has 4 heteroatoms. The van der Waals surface area contributed by atoms with Crippen LogP contribution >= 0.6 is 0 Å². The van der Waals surface area contributed by atoms with Gasteiger partial charge >= 0.3 is 5.97 Å². The zero-order valence-corrected chi connectivity index (χ0v) is 9.81. The molecule has 0 atom stereocenters. The highest BCUT2D eigenvalue weighted by Crippen LogP contribution is 2.07. The van der Waals surface area contributed by atoms with Crippen molar-refractivity contribution in [3.63, 3.8) is 0 Å². The number of carbonyl (C=O) groups excluding carboxylic acids is 1. The van der Waals surface area contributed by atoms with E-state index in [4.69, 9.17) is 14.7 Å². The van der Waals surface area contributed by atoms with Crippen LogP contribution in [0.5, 0.6) is 0 Å². The lowest BCUT2D eigenvalue weighted by atomic mass is 10.1. The number of hydrogen-bond donors (Lipinski definition) is 0. The summed E-state index contributed by atoms with van der Waals surface area (Å²) in [4.78, 5) is 11.6. The van der Waals surface area contributed by atoms with Gasteiger partial charge in [0.15, 0.2) is 0 Å². The quantitative estimate of drug-likeness (QED) is 0.556. The van der Waals surface area contributed by atoms with Gasteiger partial charge in [-0.2, -0.15) is 5.26 Å². The Morgan fingerprint density at radius 3 is 2.94 bits per heavy atom. The fraction of sp³-hybridized carbons (Fsp3) is 0.385. The van der Waals surface area contributed by atoms with E-state index >= 15 is 0 Å². The first kappa shape index (κ1) is 13.2. The molecule has 0 amide bonds. The monoisotopic (exact) mass is 233 g/mol. The Labute approximate surface area is 101 Å². The Balaban J connectivity index is 2.51. The average Bonchev–Trinajstić information content (AvgIpc) is 2.35. The average molecular weight is 233 g/mol. The second-order valence-corrected chi connectivity index (χ2v) is 3.37. The summed E-state index contributed by atoms with van der Waals surface area (Å²) in [6.45, 7) is 3.14. The largest absolute Gasteiger partial charge is 0.460 e. The molecule has 0 spiro atoms. The molecule has 0 unspecified atom stereocenters. The molecule has 0 radical (unpaired) electrons. The third kappa shape index (κ3) is 4.66. The van der Waals surface area contributed by atoms with Crippen LogP contribution in [0.4, 0.5) is 0 Å². The molecule has 0 bridgehead atoms. The topological polar surface area (TPSA) is 59.3 Å². The Morgan fingerprint density at radius 1 is 1.41 bits per heavy atom. The van der Waals surface area contributed by atoms with E-state index in [1.807, 2.05) is 13.0 Å². The van der Waals surface area contributed by atoms with Crippen molar-refractivity contribution in [3.05, 3.63) is 35.4 Å². The summed E-state index contributed by atoms with van der Waals surface area (Å²) in [5.74, 6) is -0.385. The fourth-order valence-corrected chi connectivity index (χ4v) is 1.32. The predicted octanol–water partition coefficient (Wildman–Crippen LogP) is 1.95. The smallest absolute Gasteiger partial charge is 0.338 e. The number of ether oxygens (including phenoxy) is 2. The lowest BCUT2D eigenvalue weighted by Gasteiger charge is -2.05. The van der Waals surface area contributed by atoms with Crippen LogP contribution in [0.25, 0.3) is 0 Å². The van der Waals surface area contributed by atoms with Crippen molar-refractivity contribution in [1.29, 1.82) is 5.26 Å². The molecule has 17 heavy (non-hydrogen) atoms. The first-order valence-corrected chi connectivity index (χ1v) is 5.48. The molecular weight excluding hydrogens is 218 g/mol. The maximum atomic E-state index is 11.6. The molecule has 0 aromatic heterocycles. The number of nitriles is 1. The molecule has 90 valence electrons. The van der Waals surface area contributed by atoms with Crippen LogP contribution in [0, 0.1) is 11.3 Å². The van der Waals surface area contributed by atoms with Crippen molar-refractivity contribution < 1.29 is 14.3 Å².